The molecule has 0 aliphatic heterocycles. The smallest absolute Gasteiger partial charge is 0.327 e. The van der Waals surface area contributed by atoms with E-state index in [9.17, 15) is 9.59 Å². The van der Waals surface area contributed by atoms with Crippen LogP contribution in [0, 0.1) is 5.41 Å². The second-order valence-electron chi connectivity index (χ2n) is 3.42. The van der Waals surface area contributed by atoms with Crippen LogP contribution >= 0.6 is 0 Å². The molecule has 0 spiro atoms. The highest BCUT2D eigenvalue weighted by Gasteiger charge is 2.45. The minimum atomic E-state index is -1.49. The Hall–Kier alpha value is -2.10. The lowest BCUT2D eigenvalue weighted by Crippen LogP contribution is -2.39. The molecule has 0 aromatic carbocycles. The largest absolute Gasteiger partial charge is 0.468 e. The normalized spacial score (nSPS) is 11.4. The number of hydrogen-bond acceptors (Lipinski definition) is 4. The van der Waals surface area contributed by atoms with Crippen molar-refractivity contribution in [3.63, 3.8) is 0 Å². The third-order valence-corrected chi connectivity index (χ3v) is 2.33. The number of carbonyl (C=O) groups is 2. The van der Waals surface area contributed by atoms with E-state index in [4.69, 9.17) is 0 Å². The molecule has 0 saturated heterocycles. The number of hydrogen-bond donors (Lipinski definition) is 0. The lowest BCUT2D eigenvalue weighted by atomic mass is 9.83. The number of ether oxygens (including phenoxy) is 2. The van der Waals surface area contributed by atoms with Gasteiger partial charge in [0, 0.05) is 0 Å². The van der Waals surface area contributed by atoms with Crippen molar-refractivity contribution in [2.24, 2.45) is 5.41 Å². The zero-order valence-corrected chi connectivity index (χ0v) is 10.7. The maximum atomic E-state index is 11.9. The van der Waals surface area contributed by atoms with Gasteiger partial charge < -0.3 is 9.47 Å². The van der Waals surface area contributed by atoms with Crippen LogP contribution in [0.2, 0.25) is 0 Å². The van der Waals surface area contributed by atoms with Crippen LogP contribution in [0.4, 0.5) is 0 Å². The molecule has 4 nitrogen and oxygen atoms in total. The zero-order chi connectivity index (χ0) is 14.0. The first-order valence-electron chi connectivity index (χ1n) is 5.33. The molecule has 0 N–H and O–H groups in total. The second-order valence-corrected chi connectivity index (χ2v) is 3.42. The summed E-state index contributed by atoms with van der Waals surface area (Å²) in [5.41, 5.74) is -1.49. The average molecular weight is 250 g/mol. The first-order valence-corrected chi connectivity index (χ1v) is 5.33. The molecule has 0 bridgehead atoms. The van der Waals surface area contributed by atoms with Gasteiger partial charge in [0.1, 0.15) is 0 Å². The van der Waals surface area contributed by atoms with Gasteiger partial charge in [-0.3, -0.25) is 9.59 Å². The molecule has 0 fully saturated rings. The quantitative estimate of drug-likeness (QED) is 0.395. The standard InChI is InChI=1S/C14H18O4/c1-5-7-9-11-14(10-8-6-2,12(15)17-3)13(16)18-4/h5-10H,1-2,11H2,3-4H3/b9-7+,10-8+. The van der Waals surface area contributed by atoms with Crippen LogP contribution in [0.3, 0.4) is 0 Å². The molecule has 0 heterocycles. The van der Waals surface area contributed by atoms with Gasteiger partial charge >= 0.3 is 11.9 Å². The summed E-state index contributed by atoms with van der Waals surface area (Å²) in [5.74, 6) is -1.36. The van der Waals surface area contributed by atoms with Gasteiger partial charge in [0.25, 0.3) is 0 Å². The third-order valence-electron chi connectivity index (χ3n) is 2.33. The molecule has 0 amide bonds. The Labute approximate surface area is 107 Å². The Kier molecular flexibility index (Phi) is 7.12. The highest BCUT2D eigenvalue weighted by molar-refractivity contribution is 6.02. The summed E-state index contributed by atoms with van der Waals surface area (Å²) in [4.78, 5) is 23.7. The Morgan fingerprint density at radius 3 is 1.94 bits per heavy atom. The summed E-state index contributed by atoms with van der Waals surface area (Å²) in [6.07, 6.45) is 9.37. The number of allylic oxidation sites excluding steroid dienone is 5. The van der Waals surface area contributed by atoms with E-state index in [0.717, 1.165) is 0 Å². The summed E-state index contributed by atoms with van der Waals surface area (Å²) in [7, 11) is 2.44. The average Bonchev–Trinajstić information content (AvgIpc) is 2.41. The van der Waals surface area contributed by atoms with Crippen LogP contribution < -0.4 is 0 Å². The minimum absolute atomic E-state index is 0.128. The molecule has 0 aromatic heterocycles. The van der Waals surface area contributed by atoms with Crippen LogP contribution in [0.15, 0.2) is 49.6 Å². The lowest BCUT2D eigenvalue weighted by molar-refractivity contribution is -0.164. The van der Waals surface area contributed by atoms with Crippen molar-refractivity contribution in [2.75, 3.05) is 14.2 Å². The van der Waals surface area contributed by atoms with Crippen LogP contribution in [0.25, 0.3) is 0 Å². The SMILES string of the molecule is C=C/C=C/CC(/C=C/C=C)(C(=O)OC)C(=O)OC. The topological polar surface area (TPSA) is 52.6 Å². The van der Waals surface area contributed by atoms with Crippen molar-refractivity contribution < 1.29 is 19.1 Å². The maximum absolute atomic E-state index is 11.9. The fraction of sp³-hybridized carbons (Fsp3) is 0.286. The number of methoxy groups -OCH3 is 2. The van der Waals surface area contributed by atoms with E-state index in [0.29, 0.717) is 0 Å². The van der Waals surface area contributed by atoms with E-state index in [1.165, 1.54) is 32.4 Å². The minimum Gasteiger partial charge on any atom is -0.468 e. The molecule has 98 valence electrons. The lowest BCUT2D eigenvalue weighted by Gasteiger charge is -2.23. The molecule has 0 radical (unpaired) electrons. The third kappa shape index (κ3) is 3.73. The summed E-state index contributed by atoms with van der Waals surface area (Å²) in [5, 5.41) is 0. The van der Waals surface area contributed by atoms with Crippen LogP contribution in [-0.2, 0) is 19.1 Å². The van der Waals surface area contributed by atoms with Crippen molar-refractivity contribution in [1.82, 2.24) is 0 Å². The fourth-order valence-electron chi connectivity index (χ4n) is 1.40. The van der Waals surface area contributed by atoms with Gasteiger partial charge in [0.15, 0.2) is 5.41 Å². The van der Waals surface area contributed by atoms with Gasteiger partial charge in [-0.05, 0) is 6.42 Å². The highest BCUT2D eigenvalue weighted by Crippen LogP contribution is 2.28. The van der Waals surface area contributed by atoms with Crippen molar-refractivity contribution in [3.8, 4) is 0 Å². The van der Waals surface area contributed by atoms with Gasteiger partial charge in [-0.25, -0.2) is 0 Å². The maximum Gasteiger partial charge on any atom is 0.327 e. The van der Waals surface area contributed by atoms with E-state index in [-0.39, 0.29) is 6.42 Å². The Bertz CT molecular complexity index is 361. The summed E-state index contributed by atoms with van der Waals surface area (Å²) < 4.78 is 9.36. The fourth-order valence-corrected chi connectivity index (χ4v) is 1.40. The molecule has 0 unspecified atom stereocenters. The Morgan fingerprint density at radius 2 is 1.56 bits per heavy atom. The molecule has 0 aromatic rings. The number of carbonyl (C=O) groups excluding carboxylic acids is 2. The first-order chi connectivity index (χ1) is 8.58. The van der Waals surface area contributed by atoms with Crippen LogP contribution in [0.1, 0.15) is 6.42 Å². The monoisotopic (exact) mass is 250 g/mol. The summed E-state index contributed by atoms with van der Waals surface area (Å²) in [6.45, 7) is 7.02. The van der Waals surface area contributed by atoms with Crippen LogP contribution in [0.5, 0.6) is 0 Å². The van der Waals surface area contributed by atoms with Crippen molar-refractivity contribution in [2.45, 2.75) is 6.42 Å². The second kappa shape index (κ2) is 8.06. The summed E-state index contributed by atoms with van der Waals surface area (Å²) in [6, 6.07) is 0. The van der Waals surface area contributed by atoms with Gasteiger partial charge in [0.05, 0.1) is 14.2 Å². The van der Waals surface area contributed by atoms with Gasteiger partial charge in [-0.15, -0.1) is 0 Å². The zero-order valence-electron chi connectivity index (χ0n) is 10.7. The van der Waals surface area contributed by atoms with E-state index in [2.05, 4.69) is 22.6 Å². The molecule has 0 saturated carbocycles. The Balaban J connectivity index is 5.52. The van der Waals surface area contributed by atoms with E-state index < -0.39 is 17.4 Å². The van der Waals surface area contributed by atoms with E-state index >= 15 is 0 Å². The molecule has 4 heteroatoms. The predicted octanol–water partition coefficient (Wildman–Crippen LogP) is 2.19. The molecular formula is C14H18O4. The van der Waals surface area contributed by atoms with Gasteiger partial charge in [-0.2, -0.15) is 0 Å². The van der Waals surface area contributed by atoms with E-state index in [1.807, 2.05) is 0 Å². The molecule has 0 aliphatic rings. The van der Waals surface area contributed by atoms with Crippen molar-refractivity contribution in [1.29, 1.82) is 0 Å². The summed E-state index contributed by atoms with van der Waals surface area (Å²) >= 11 is 0. The highest BCUT2D eigenvalue weighted by atomic mass is 16.5. The molecule has 0 aliphatic carbocycles. The molecule has 0 rings (SSSR count). The number of rotatable bonds is 7. The van der Waals surface area contributed by atoms with Crippen molar-refractivity contribution in [3.05, 3.63) is 49.6 Å². The molecule has 18 heavy (non-hydrogen) atoms. The first kappa shape index (κ1) is 15.9. The van der Waals surface area contributed by atoms with Gasteiger partial charge in [0.2, 0.25) is 0 Å². The van der Waals surface area contributed by atoms with E-state index in [1.54, 1.807) is 18.2 Å². The Morgan fingerprint density at radius 1 is 1.06 bits per heavy atom. The number of esters is 2. The predicted molar refractivity (Wildman–Crippen MR) is 69.8 cm³/mol. The van der Waals surface area contributed by atoms with Crippen LogP contribution in [-0.4, -0.2) is 26.2 Å². The molecule has 0 atom stereocenters. The van der Waals surface area contributed by atoms with Gasteiger partial charge in [-0.1, -0.05) is 49.6 Å². The molecular weight excluding hydrogens is 232 g/mol. The van der Waals surface area contributed by atoms with Crippen molar-refractivity contribution >= 4 is 11.9 Å².